The summed E-state index contributed by atoms with van der Waals surface area (Å²) in [5.74, 6) is -0.447. The molecule has 1 aliphatic rings. The lowest BCUT2D eigenvalue weighted by Gasteiger charge is -2.32. The topological polar surface area (TPSA) is 57.7 Å². The van der Waals surface area contributed by atoms with Crippen LogP contribution in [0.1, 0.15) is 11.3 Å². The van der Waals surface area contributed by atoms with Crippen LogP contribution in [-0.2, 0) is 17.8 Å². The van der Waals surface area contributed by atoms with Crippen LogP contribution in [0, 0.1) is 11.6 Å². The number of hydrogen-bond acceptors (Lipinski definition) is 5. The average molecular weight is 481 g/mol. The highest BCUT2D eigenvalue weighted by molar-refractivity contribution is 5.78. The number of aromatic nitrogens is 1. The molecule has 1 aromatic heterocycles. The van der Waals surface area contributed by atoms with Gasteiger partial charge in [0.25, 0.3) is 0 Å². The number of likely N-dealkylation sites (N-methyl/N-ethyl adjacent to an activating group) is 1. The maximum absolute atomic E-state index is 14.1. The Morgan fingerprint density at radius 3 is 2.43 bits per heavy atom. The summed E-state index contributed by atoms with van der Waals surface area (Å²) in [4.78, 5) is 21.4. The van der Waals surface area contributed by atoms with Gasteiger partial charge >= 0.3 is 0 Å². The van der Waals surface area contributed by atoms with E-state index < -0.39 is 5.82 Å². The van der Waals surface area contributed by atoms with Gasteiger partial charge in [-0.3, -0.25) is 14.7 Å². The van der Waals surface area contributed by atoms with Crippen molar-refractivity contribution in [3.05, 3.63) is 83.7 Å². The number of rotatable bonds is 9. The summed E-state index contributed by atoms with van der Waals surface area (Å²) in [6.07, 6.45) is 1.77. The van der Waals surface area contributed by atoms with Crippen molar-refractivity contribution in [3.63, 3.8) is 0 Å². The number of pyridine rings is 1. The molecule has 0 bridgehead atoms. The van der Waals surface area contributed by atoms with E-state index in [4.69, 9.17) is 4.74 Å². The van der Waals surface area contributed by atoms with Crippen LogP contribution in [0.2, 0.25) is 0 Å². The van der Waals surface area contributed by atoms with Crippen LogP contribution in [0.25, 0.3) is 11.1 Å². The maximum Gasteiger partial charge on any atom is 0.226 e. The number of amides is 1. The van der Waals surface area contributed by atoms with E-state index in [1.807, 2.05) is 6.07 Å². The minimum absolute atomic E-state index is 0.105. The third-order valence-corrected chi connectivity index (χ3v) is 6.04. The summed E-state index contributed by atoms with van der Waals surface area (Å²) in [6, 6.07) is 14.3. The van der Waals surface area contributed by atoms with Gasteiger partial charge in [-0.2, -0.15) is 0 Å². The normalized spacial score (nSPS) is 14.6. The van der Waals surface area contributed by atoms with Gasteiger partial charge in [-0.05, 0) is 48.5 Å². The average Bonchev–Trinajstić information content (AvgIpc) is 2.85. The Labute approximate surface area is 204 Å². The van der Waals surface area contributed by atoms with E-state index >= 15 is 0 Å². The third kappa shape index (κ3) is 7.56. The zero-order valence-corrected chi connectivity index (χ0v) is 19.8. The number of nitrogens with zero attached hydrogens (tertiary/aromatic N) is 3. The number of ether oxygens (including phenoxy) is 1. The van der Waals surface area contributed by atoms with Crippen molar-refractivity contribution >= 4 is 5.91 Å². The Morgan fingerprint density at radius 1 is 0.971 bits per heavy atom. The highest BCUT2D eigenvalue weighted by Gasteiger charge is 2.13. The van der Waals surface area contributed by atoms with Crippen molar-refractivity contribution in [2.24, 2.45) is 0 Å². The highest BCUT2D eigenvalue weighted by atomic mass is 19.1. The molecule has 0 atom stereocenters. The molecular formula is C27H30F2N4O2. The lowest BCUT2D eigenvalue weighted by molar-refractivity contribution is -0.120. The summed E-state index contributed by atoms with van der Waals surface area (Å²) in [5.41, 5.74) is 2.93. The SMILES string of the molecule is CN1CCN(CCOc2cc(F)cc(CNC(=O)Cc3ccc(-c4ccc(F)cc4)cn3)c2)CC1. The summed E-state index contributed by atoms with van der Waals surface area (Å²) < 4.78 is 33.0. The lowest BCUT2D eigenvalue weighted by Crippen LogP contribution is -2.45. The molecule has 0 radical (unpaired) electrons. The molecule has 2 heterocycles. The summed E-state index contributed by atoms with van der Waals surface area (Å²) in [5, 5.41) is 2.81. The predicted octanol–water partition coefficient (Wildman–Crippen LogP) is 3.51. The molecule has 0 spiro atoms. The molecule has 35 heavy (non-hydrogen) atoms. The Balaban J connectivity index is 1.24. The van der Waals surface area contributed by atoms with Crippen LogP contribution >= 0.6 is 0 Å². The van der Waals surface area contributed by atoms with Crippen molar-refractivity contribution in [3.8, 4) is 16.9 Å². The number of carbonyl (C=O) groups is 1. The standard InChI is InChI=1S/C27H30F2N4O2/c1-32-8-10-33(11-9-32)12-13-35-26-15-20(14-24(29)16-26)18-31-27(34)17-25-7-4-22(19-30-25)21-2-5-23(28)6-3-21/h2-7,14-16,19H,8-13,17-18H2,1H3,(H,31,34). The van der Waals surface area contributed by atoms with E-state index in [-0.39, 0.29) is 24.7 Å². The van der Waals surface area contributed by atoms with E-state index in [0.717, 1.165) is 43.9 Å². The van der Waals surface area contributed by atoms with Crippen LogP contribution in [0.15, 0.2) is 60.8 Å². The predicted molar refractivity (Wildman–Crippen MR) is 131 cm³/mol. The Hall–Kier alpha value is -3.36. The van der Waals surface area contributed by atoms with Gasteiger partial charge in [0.05, 0.1) is 6.42 Å². The second kappa shape index (κ2) is 11.9. The number of piperazine rings is 1. The molecule has 4 rings (SSSR count). The van der Waals surface area contributed by atoms with Crippen LogP contribution in [0.5, 0.6) is 5.75 Å². The first kappa shape index (κ1) is 24.8. The fraction of sp³-hybridized carbons (Fsp3) is 0.333. The van der Waals surface area contributed by atoms with E-state index in [0.29, 0.717) is 23.6 Å². The van der Waals surface area contributed by atoms with Gasteiger partial charge in [-0.1, -0.05) is 18.2 Å². The molecule has 1 N–H and O–H groups in total. The molecule has 3 aromatic rings. The van der Waals surface area contributed by atoms with Gasteiger partial charge in [-0.25, -0.2) is 8.78 Å². The second-order valence-electron chi connectivity index (χ2n) is 8.79. The molecule has 8 heteroatoms. The minimum atomic E-state index is -0.399. The second-order valence-corrected chi connectivity index (χ2v) is 8.79. The Bertz CT molecular complexity index is 1120. The zero-order chi connectivity index (χ0) is 24.6. The van der Waals surface area contributed by atoms with Crippen LogP contribution < -0.4 is 10.1 Å². The first-order valence-electron chi connectivity index (χ1n) is 11.8. The molecule has 1 aliphatic heterocycles. The first-order chi connectivity index (χ1) is 16.9. The van der Waals surface area contributed by atoms with Crippen LogP contribution in [0.4, 0.5) is 8.78 Å². The fourth-order valence-corrected chi connectivity index (χ4v) is 3.94. The maximum atomic E-state index is 14.1. The minimum Gasteiger partial charge on any atom is -0.492 e. The highest BCUT2D eigenvalue weighted by Crippen LogP contribution is 2.19. The largest absolute Gasteiger partial charge is 0.492 e. The fourth-order valence-electron chi connectivity index (χ4n) is 3.94. The zero-order valence-electron chi connectivity index (χ0n) is 19.8. The number of nitrogens with one attached hydrogen (secondary N) is 1. The Morgan fingerprint density at radius 2 is 1.71 bits per heavy atom. The smallest absolute Gasteiger partial charge is 0.226 e. The van der Waals surface area contributed by atoms with Gasteiger partial charge in [-0.15, -0.1) is 0 Å². The van der Waals surface area contributed by atoms with Gasteiger partial charge in [0.1, 0.15) is 24.0 Å². The van der Waals surface area contributed by atoms with Gasteiger partial charge < -0.3 is 15.0 Å². The van der Waals surface area contributed by atoms with Crippen molar-refractivity contribution in [1.29, 1.82) is 0 Å². The quantitative estimate of drug-likeness (QED) is 0.508. The molecule has 0 aliphatic carbocycles. The third-order valence-electron chi connectivity index (χ3n) is 6.04. The number of carbonyl (C=O) groups excluding carboxylic acids is 1. The van der Waals surface area contributed by atoms with Gasteiger partial charge in [0.2, 0.25) is 5.91 Å². The molecular weight excluding hydrogens is 450 g/mol. The molecule has 1 fully saturated rings. The number of benzene rings is 2. The lowest BCUT2D eigenvalue weighted by atomic mass is 10.1. The van der Waals surface area contributed by atoms with Crippen molar-refractivity contribution in [1.82, 2.24) is 20.1 Å². The number of halogens is 2. The van der Waals surface area contributed by atoms with Crippen molar-refractivity contribution < 1.29 is 18.3 Å². The van der Waals surface area contributed by atoms with Crippen molar-refractivity contribution in [2.45, 2.75) is 13.0 Å². The van der Waals surface area contributed by atoms with Crippen molar-refractivity contribution in [2.75, 3.05) is 46.4 Å². The molecule has 0 saturated carbocycles. The first-order valence-corrected chi connectivity index (χ1v) is 11.8. The van der Waals surface area contributed by atoms with Gasteiger partial charge in [0, 0.05) is 62.8 Å². The molecule has 184 valence electrons. The molecule has 1 saturated heterocycles. The van der Waals surface area contributed by atoms with Crippen LogP contribution in [0.3, 0.4) is 0 Å². The number of hydrogen-bond donors (Lipinski definition) is 1. The summed E-state index contributed by atoms with van der Waals surface area (Å²) in [7, 11) is 2.11. The Kier molecular flexibility index (Phi) is 8.39. The van der Waals surface area contributed by atoms with E-state index in [1.165, 1.54) is 24.3 Å². The summed E-state index contributed by atoms with van der Waals surface area (Å²) in [6.45, 7) is 5.56. The van der Waals surface area contributed by atoms with E-state index in [2.05, 4.69) is 27.1 Å². The van der Waals surface area contributed by atoms with Gasteiger partial charge in [0.15, 0.2) is 0 Å². The molecule has 2 aromatic carbocycles. The van der Waals surface area contributed by atoms with E-state index in [9.17, 15) is 13.6 Å². The van der Waals surface area contributed by atoms with E-state index in [1.54, 1.807) is 30.5 Å². The molecule has 0 unspecified atom stereocenters. The summed E-state index contributed by atoms with van der Waals surface area (Å²) >= 11 is 0. The molecule has 6 nitrogen and oxygen atoms in total. The van der Waals surface area contributed by atoms with Crippen LogP contribution in [-0.4, -0.2) is 67.1 Å². The molecule has 1 amide bonds. The monoisotopic (exact) mass is 480 g/mol.